The molecule has 0 unspecified atom stereocenters. The predicted molar refractivity (Wildman–Crippen MR) is 78.3 cm³/mol. The van der Waals surface area contributed by atoms with Crippen LogP contribution in [0.2, 0.25) is 0 Å². The van der Waals surface area contributed by atoms with Crippen LogP contribution >= 0.6 is 0 Å². The first-order valence-electron chi connectivity index (χ1n) is 7.49. The van der Waals surface area contributed by atoms with Crippen LogP contribution < -0.4 is 5.73 Å². The zero-order valence-electron chi connectivity index (χ0n) is 12.8. The van der Waals surface area contributed by atoms with Crippen molar-refractivity contribution in [3.05, 3.63) is 0 Å². The van der Waals surface area contributed by atoms with Gasteiger partial charge in [-0.3, -0.25) is 0 Å². The number of hydrogen-bond donors (Lipinski definition) is 1. The lowest BCUT2D eigenvalue weighted by Gasteiger charge is -2.38. The molecule has 0 saturated carbocycles. The van der Waals surface area contributed by atoms with Gasteiger partial charge in [-0.05, 0) is 51.6 Å². The Kier molecular flexibility index (Phi) is 8.89. The van der Waals surface area contributed by atoms with E-state index in [0.29, 0.717) is 11.5 Å². The number of hydrogen-bond acceptors (Lipinski definition) is 2. The van der Waals surface area contributed by atoms with Gasteiger partial charge >= 0.3 is 0 Å². The first-order chi connectivity index (χ1) is 8.05. The summed E-state index contributed by atoms with van der Waals surface area (Å²) < 4.78 is 0. The molecule has 0 aromatic rings. The zero-order valence-corrected chi connectivity index (χ0v) is 12.8. The first kappa shape index (κ1) is 16.9. The van der Waals surface area contributed by atoms with Crippen LogP contribution in [0.25, 0.3) is 0 Å². The van der Waals surface area contributed by atoms with E-state index in [4.69, 9.17) is 5.73 Å². The molecule has 0 heterocycles. The normalized spacial score (nSPS) is 12.7. The third kappa shape index (κ3) is 5.87. The number of unbranched alkanes of at least 4 members (excludes halogenated alkanes) is 2. The highest BCUT2D eigenvalue weighted by molar-refractivity contribution is 4.82. The third-order valence-corrected chi connectivity index (χ3v) is 4.25. The van der Waals surface area contributed by atoms with Crippen LogP contribution in [0.1, 0.15) is 66.7 Å². The SMILES string of the molecule is CCCCCN(CC(CC)(CC)CN)C(C)C. The van der Waals surface area contributed by atoms with Crippen LogP contribution in [0.3, 0.4) is 0 Å². The van der Waals surface area contributed by atoms with E-state index >= 15 is 0 Å². The van der Waals surface area contributed by atoms with Gasteiger partial charge in [0.1, 0.15) is 0 Å². The van der Waals surface area contributed by atoms with E-state index in [9.17, 15) is 0 Å². The molecule has 0 fully saturated rings. The van der Waals surface area contributed by atoms with E-state index in [1.807, 2.05) is 0 Å². The summed E-state index contributed by atoms with van der Waals surface area (Å²) in [6, 6.07) is 0.635. The van der Waals surface area contributed by atoms with Gasteiger partial charge in [0.25, 0.3) is 0 Å². The van der Waals surface area contributed by atoms with Gasteiger partial charge in [-0.15, -0.1) is 0 Å². The second-order valence-electron chi connectivity index (χ2n) is 5.68. The maximum Gasteiger partial charge on any atom is 0.00526 e. The van der Waals surface area contributed by atoms with Crippen molar-refractivity contribution in [2.75, 3.05) is 19.6 Å². The molecule has 2 nitrogen and oxygen atoms in total. The Labute approximate surface area is 109 Å². The van der Waals surface area contributed by atoms with Crippen LogP contribution in [0.15, 0.2) is 0 Å². The second kappa shape index (κ2) is 8.93. The molecule has 0 aromatic heterocycles. The van der Waals surface area contributed by atoms with Crippen molar-refractivity contribution >= 4 is 0 Å². The fourth-order valence-corrected chi connectivity index (χ4v) is 2.34. The largest absolute Gasteiger partial charge is 0.330 e. The fourth-order valence-electron chi connectivity index (χ4n) is 2.34. The van der Waals surface area contributed by atoms with Crippen molar-refractivity contribution < 1.29 is 0 Å². The highest BCUT2D eigenvalue weighted by Gasteiger charge is 2.27. The minimum Gasteiger partial charge on any atom is -0.330 e. The van der Waals surface area contributed by atoms with Gasteiger partial charge in [0.15, 0.2) is 0 Å². The lowest BCUT2D eigenvalue weighted by atomic mass is 9.81. The maximum atomic E-state index is 6.01. The van der Waals surface area contributed by atoms with E-state index in [2.05, 4.69) is 39.5 Å². The molecule has 0 aliphatic heterocycles. The molecule has 17 heavy (non-hydrogen) atoms. The molecular weight excluding hydrogens is 208 g/mol. The molecule has 0 bridgehead atoms. The summed E-state index contributed by atoms with van der Waals surface area (Å²) in [6.07, 6.45) is 6.35. The van der Waals surface area contributed by atoms with Crippen molar-refractivity contribution in [3.63, 3.8) is 0 Å². The molecule has 0 saturated heterocycles. The monoisotopic (exact) mass is 242 g/mol. The van der Waals surface area contributed by atoms with Crippen molar-refractivity contribution in [1.82, 2.24) is 4.90 Å². The molecule has 2 heteroatoms. The van der Waals surface area contributed by atoms with E-state index in [1.54, 1.807) is 0 Å². The van der Waals surface area contributed by atoms with Crippen molar-refractivity contribution in [2.45, 2.75) is 72.8 Å². The average molecular weight is 242 g/mol. The molecule has 104 valence electrons. The molecule has 0 aliphatic rings. The number of rotatable bonds is 10. The Balaban J connectivity index is 4.39. The molecule has 0 atom stereocenters. The number of nitrogens with two attached hydrogens (primary N) is 1. The minimum absolute atomic E-state index is 0.330. The Hall–Kier alpha value is -0.0800. The molecule has 0 spiro atoms. The standard InChI is InChI=1S/C15H34N2/c1-6-9-10-11-17(14(4)5)13-15(7-2,8-3)12-16/h14H,6-13,16H2,1-5H3. The summed E-state index contributed by atoms with van der Waals surface area (Å²) >= 11 is 0. The van der Waals surface area contributed by atoms with Gasteiger partial charge in [-0.2, -0.15) is 0 Å². The van der Waals surface area contributed by atoms with E-state index in [0.717, 1.165) is 13.1 Å². The number of nitrogens with zero attached hydrogens (tertiary/aromatic N) is 1. The van der Waals surface area contributed by atoms with Crippen LogP contribution in [0.4, 0.5) is 0 Å². The Morgan fingerprint density at radius 1 is 1.06 bits per heavy atom. The van der Waals surface area contributed by atoms with E-state index in [1.165, 1.54) is 38.6 Å². The molecule has 0 aromatic carbocycles. The van der Waals surface area contributed by atoms with Gasteiger partial charge in [0.2, 0.25) is 0 Å². The quantitative estimate of drug-likeness (QED) is 0.593. The second-order valence-corrected chi connectivity index (χ2v) is 5.68. The Morgan fingerprint density at radius 3 is 2.00 bits per heavy atom. The molecule has 2 N–H and O–H groups in total. The summed E-state index contributed by atoms with van der Waals surface area (Å²) in [5.41, 5.74) is 6.34. The molecule has 0 aliphatic carbocycles. The summed E-state index contributed by atoms with van der Waals surface area (Å²) in [6.45, 7) is 14.6. The van der Waals surface area contributed by atoms with Gasteiger partial charge in [0, 0.05) is 12.6 Å². The Morgan fingerprint density at radius 2 is 1.65 bits per heavy atom. The summed E-state index contributed by atoms with van der Waals surface area (Å²) in [5, 5.41) is 0. The van der Waals surface area contributed by atoms with Crippen molar-refractivity contribution in [3.8, 4) is 0 Å². The molecule has 0 rings (SSSR count). The van der Waals surface area contributed by atoms with Crippen LogP contribution in [0, 0.1) is 5.41 Å². The smallest absolute Gasteiger partial charge is 0.00526 e. The molecule has 0 amide bonds. The fraction of sp³-hybridized carbons (Fsp3) is 1.00. The molecular formula is C15H34N2. The first-order valence-corrected chi connectivity index (χ1v) is 7.49. The van der Waals surface area contributed by atoms with Gasteiger partial charge in [-0.25, -0.2) is 0 Å². The minimum atomic E-state index is 0.330. The summed E-state index contributed by atoms with van der Waals surface area (Å²) in [4.78, 5) is 2.62. The van der Waals surface area contributed by atoms with Gasteiger partial charge < -0.3 is 10.6 Å². The zero-order chi connectivity index (χ0) is 13.3. The van der Waals surface area contributed by atoms with Crippen molar-refractivity contribution in [1.29, 1.82) is 0 Å². The Bertz CT molecular complexity index is 165. The van der Waals surface area contributed by atoms with Crippen LogP contribution in [0.5, 0.6) is 0 Å². The van der Waals surface area contributed by atoms with E-state index < -0.39 is 0 Å². The topological polar surface area (TPSA) is 29.3 Å². The van der Waals surface area contributed by atoms with Crippen LogP contribution in [-0.4, -0.2) is 30.6 Å². The van der Waals surface area contributed by atoms with Gasteiger partial charge in [0.05, 0.1) is 0 Å². The lowest BCUT2D eigenvalue weighted by molar-refractivity contribution is 0.115. The highest BCUT2D eigenvalue weighted by atomic mass is 15.2. The lowest BCUT2D eigenvalue weighted by Crippen LogP contribution is -2.45. The third-order valence-electron chi connectivity index (χ3n) is 4.25. The summed E-state index contributed by atoms with van der Waals surface area (Å²) in [7, 11) is 0. The maximum absolute atomic E-state index is 6.01. The predicted octanol–water partition coefficient (Wildman–Crippen LogP) is 3.65. The van der Waals surface area contributed by atoms with Crippen LogP contribution in [-0.2, 0) is 0 Å². The van der Waals surface area contributed by atoms with E-state index in [-0.39, 0.29) is 0 Å². The van der Waals surface area contributed by atoms with Gasteiger partial charge in [-0.1, -0.05) is 33.6 Å². The average Bonchev–Trinajstić information content (AvgIpc) is 2.34. The highest BCUT2D eigenvalue weighted by Crippen LogP contribution is 2.27. The van der Waals surface area contributed by atoms with Crippen molar-refractivity contribution in [2.24, 2.45) is 11.1 Å². The molecule has 0 radical (unpaired) electrons. The summed E-state index contributed by atoms with van der Waals surface area (Å²) in [5.74, 6) is 0.